The van der Waals surface area contributed by atoms with Gasteiger partial charge in [0.15, 0.2) is 17.5 Å². The maximum Gasteiger partial charge on any atom is 0.254 e. The van der Waals surface area contributed by atoms with Crippen LogP contribution in [0.5, 0.6) is 0 Å². The van der Waals surface area contributed by atoms with Crippen LogP contribution < -0.4 is 5.32 Å². The number of amides is 1. The molecule has 0 bridgehead atoms. The van der Waals surface area contributed by atoms with Crippen LogP contribution in [-0.4, -0.2) is 17.6 Å². The molecule has 112 valence electrons. The van der Waals surface area contributed by atoms with Gasteiger partial charge < -0.3 is 10.4 Å². The molecule has 0 radical (unpaired) electrons. The van der Waals surface area contributed by atoms with Crippen molar-refractivity contribution < 1.29 is 23.1 Å². The lowest BCUT2D eigenvalue weighted by Gasteiger charge is -2.22. The Morgan fingerprint density at radius 3 is 2.62 bits per heavy atom. The zero-order valence-corrected chi connectivity index (χ0v) is 11.8. The Labute approximate surface area is 123 Å². The highest BCUT2D eigenvalue weighted by Crippen LogP contribution is 2.22. The lowest BCUT2D eigenvalue weighted by Crippen LogP contribution is -2.38. The van der Waals surface area contributed by atoms with Crippen LogP contribution in [0.15, 0.2) is 29.0 Å². The number of rotatable bonds is 4. The predicted octanol–water partition coefficient (Wildman–Crippen LogP) is 2.80. The van der Waals surface area contributed by atoms with E-state index >= 15 is 0 Å². The topological polar surface area (TPSA) is 49.3 Å². The molecule has 2 aromatic rings. The zero-order chi connectivity index (χ0) is 15.6. The summed E-state index contributed by atoms with van der Waals surface area (Å²) in [6, 6.07) is 3.21. The number of carbonyl (C=O) groups is 1. The molecule has 2 rings (SSSR count). The van der Waals surface area contributed by atoms with Crippen LogP contribution in [0.2, 0.25) is 0 Å². The van der Waals surface area contributed by atoms with Gasteiger partial charge in [0.25, 0.3) is 5.91 Å². The van der Waals surface area contributed by atoms with Crippen molar-refractivity contribution in [3.63, 3.8) is 0 Å². The van der Waals surface area contributed by atoms with Crippen LogP contribution in [-0.2, 0) is 5.60 Å². The highest BCUT2D eigenvalue weighted by Gasteiger charge is 2.26. The Bertz CT molecular complexity index is 656. The first-order chi connectivity index (χ1) is 9.83. The molecule has 7 heteroatoms. The molecule has 0 aliphatic rings. The molecule has 0 saturated heterocycles. The fraction of sp³-hybridized carbons (Fsp3) is 0.214. The molecule has 1 aromatic carbocycles. The van der Waals surface area contributed by atoms with Crippen molar-refractivity contribution in [1.29, 1.82) is 0 Å². The Kier molecular flexibility index (Phi) is 4.34. The van der Waals surface area contributed by atoms with E-state index in [1.165, 1.54) is 18.3 Å². The molecule has 0 aliphatic heterocycles. The van der Waals surface area contributed by atoms with E-state index in [-0.39, 0.29) is 6.54 Å². The number of hydrogen-bond donors (Lipinski definition) is 2. The minimum atomic E-state index is -1.70. The van der Waals surface area contributed by atoms with Gasteiger partial charge in [0.1, 0.15) is 5.60 Å². The van der Waals surface area contributed by atoms with Crippen molar-refractivity contribution in [3.8, 4) is 0 Å². The van der Waals surface area contributed by atoms with Gasteiger partial charge in [0.05, 0.1) is 12.1 Å². The molecule has 2 N–H and O–H groups in total. The van der Waals surface area contributed by atoms with Crippen LogP contribution in [0, 0.1) is 17.5 Å². The maximum atomic E-state index is 13.5. The molecule has 3 nitrogen and oxygen atoms in total. The van der Waals surface area contributed by atoms with E-state index < -0.39 is 34.5 Å². The number of aliphatic hydroxyl groups is 1. The van der Waals surface area contributed by atoms with E-state index in [9.17, 15) is 23.1 Å². The highest BCUT2D eigenvalue weighted by atomic mass is 32.1. The molecule has 0 fully saturated rings. The van der Waals surface area contributed by atoms with Crippen molar-refractivity contribution in [2.24, 2.45) is 0 Å². The van der Waals surface area contributed by atoms with Crippen molar-refractivity contribution in [2.75, 3.05) is 6.54 Å². The quantitative estimate of drug-likeness (QED) is 0.853. The second-order valence-electron chi connectivity index (χ2n) is 4.69. The third-order valence-electron chi connectivity index (χ3n) is 3.02. The largest absolute Gasteiger partial charge is 0.384 e. The molecule has 0 spiro atoms. The Hall–Kier alpha value is -1.86. The lowest BCUT2D eigenvalue weighted by molar-refractivity contribution is 0.0528. The van der Waals surface area contributed by atoms with Crippen molar-refractivity contribution in [3.05, 3.63) is 57.5 Å². The van der Waals surface area contributed by atoms with E-state index in [4.69, 9.17) is 0 Å². The van der Waals surface area contributed by atoms with Gasteiger partial charge in [-0.25, -0.2) is 13.2 Å². The second-order valence-corrected chi connectivity index (χ2v) is 5.47. The van der Waals surface area contributed by atoms with E-state index in [2.05, 4.69) is 5.32 Å². The molecule has 21 heavy (non-hydrogen) atoms. The molecule has 1 aromatic heterocycles. The van der Waals surface area contributed by atoms with E-state index in [1.807, 2.05) is 0 Å². The molecular weight excluding hydrogens is 303 g/mol. The first-order valence-corrected chi connectivity index (χ1v) is 6.94. The molecule has 1 heterocycles. The van der Waals surface area contributed by atoms with E-state index in [1.54, 1.807) is 16.8 Å². The molecule has 1 unspecified atom stereocenters. The summed E-state index contributed by atoms with van der Waals surface area (Å²) in [6.07, 6.45) is 0. The summed E-state index contributed by atoms with van der Waals surface area (Å²) in [5.41, 5.74) is -1.36. The number of carbonyl (C=O) groups excluding carboxylic acids is 1. The zero-order valence-electron chi connectivity index (χ0n) is 11.0. The molecular formula is C14H12F3NO2S. The van der Waals surface area contributed by atoms with Gasteiger partial charge in [0, 0.05) is 0 Å². The average molecular weight is 315 g/mol. The van der Waals surface area contributed by atoms with Crippen LogP contribution in [0.4, 0.5) is 13.2 Å². The number of thiophene rings is 1. The van der Waals surface area contributed by atoms with Crippen LogP contribution >= 0.6 is 11.3 Å². The monoisotopic (exact) mass is 315 g/mol. The number of halogens is 3. The summed E-state index contributed by atoms with van der Waals surface area (Å²) in [5, 5.41) is 16.0. The van der Waals surface area contributed by atoms with Crippen LogP contribution in [0.3, 0.4) is 0 Å². The molecule has 0 saturated carbocycles. The minimum absolute atomic E-state index is 0.193. The standard InChI is InChI=1S/C14H12F3NO2S/c1-14(20,8-4-5-21-6-8)7-18-13(19)9-2-3-10(15)12(17)11(9)16/h2-6,20H,7H2,1H3,(H,18,19). The van der Waals surface area contributed by atoms with Gasteiger partial charge in [-0.05, 0) is 41.4 Å². The van der Waals surface area contributed by atoms with Crippen LogP contribution in [0.1, 0.15) is 22.8 Å². The van der Waals surface area contributed by atoms with Crippen molar-refractivity contribution >= 4 is 17.2 Å². The summed E-state index contributed by atoms with van der Waals surface area (Å²) >= 11 is 1.38. The Morgan fingerprint density at radius 2 is 2.00 bits per heavy atom. The fourth-order valence-corrected chi connectivity index (χ4v) is 2.50. The Balaban J connectivity index is 2.11. The third kappa shape index (κ3) is 3.25. The highest BCUT2D eigenvalue weighted by molar-refractivity contribution is 7.08. The van der Waals surface area contributed by atoms with Crippen LogP contribution in [0.25, 0.3) is 0 Å². The molecule has 1 amide bonds. The summed E-state index contributed by atoms with van der Waals surface area (Å²) < 4.78 is 39.3. The van der Waals surface area contributed by atoms with E-state index in [0.717, 1.165) is 6.07 Å². The third-order valence-corrected chi connectivity index (χ3v) is 3.70. The van der Waals surface area contributed by atoms with Crippen molar-refractivity contribution in [2.45, 2.75) is 12.5 Å². The predicted molar refractivity (Wildman–Crippen MR) is 72.5 cm³/mol. The SMILES string of the molecule is CC(O)(CNC(=O)c1ccc(F)c(F)c1F)c1ccsc1. The summed E-state index contributed by atoms with van der Waals surface area (Å²) in [6.45, 7) is 1.29. The van der Waals surface area contributed by atoms with Gasteiger partial charge in [-0.3, -0.25) is 4.79 Å². The van der Waals surface area contributed by atoms with Gasteiger partial charge in [-0.15, -0.1) is 0 Å². The fourth-order valence-electron chi connectivity index (χ4n) is 1.72. The smallest absolute Gasteiger partial charge is 0.254 e. The number of nitrogens with one attached hydrogen (secondary N) is 1. The summed E-state index contributed by atoms with van der Waals surface area (Å²) in [7, 11) is 0. The molecule has 1 atom stereocenters. The molecule has 0 aliphatic carbocycles. The number of benzene rings is 1. The van der Waals surface area contributed by atoms with Gasteiger partial charge >= 0.3 is 0 Å². The van der Waals surface area contributed by atoms with Crippen molar-refractivity contribution in [1.82, 2.24) is 5.32 Å². The van der Waals surface area contributed by atoms with Gasteiger partial charge in [-0.1, -0.05) is 0 Å². The van der Waals surface area contributed by atoms with Gasteiger partial charge in [0.2, 0.25) is 0 Å². The maximum absolute atomic E-state index is 13.5. The van der Waals surface area contributed by atoms with Gasteiger partial charge in [-0.2, -0.15) is 11.3 Å². The first-order valence-electron chi connectivity index (χ1n) is 5.99. The lowest BCUT2D eigenvalue weighted by atomic mass is 9.99. The minimum Gasteiger partial charge on any atom is -0.384 e. The Morgan fingerprint density at radius 1 is 1.29 bits per heavy atom. The average Bonchev–Trinajstić information content (AvgIpc) is 2.97. The number of hydrogen-bond acceptors (Lipinski definition) is 3. The normalized spacial score (nSPS) is 13.8. The summed E-state index contributed by atoms with van der Waals surface area (Å²) in [4.78, 5) is 11.8. The first kappa shape index (κ1) is 15.5. The van der Waals surface area contributed by atoms with E-state index in [0.29, 0.717) is 11.6 Å². The second kappa shape index (κ2) is 5.87. The summed E-state index contributed by atoms with van der Waals surface area (Å²) in [5.74, 6) is -5.55.